The molecular weight excluding hydrogens is 270 g/mol. The molecule has 0 aliphatic carbocycles. The van der Waals surface area contributed by atoms with Crippen LogP contribution < -0.4 is 10.1 Å². The summed E-state index contributed by atoms with van der Waals surface area (Å²) in [6.45, 7) is 15.0. The van der Waals surface area contributed by atoms with Crippen LogP contribution in [0.1, 0.15) is 53.5 Å². The van der Waals surface area contributed by atoms with Gasteiger partial charge < -0.3 is 10.1 Å². The fraction of sp³-hybridized carbons (Fsp3) is 0.647. The zero-order valence-corrected chi connectivity index (χ0v) is 14.6. The van der Waals surface area contributed by atoms with Gasteiger partial charge in [-0.25, -0.2) is 0 Å². The highest BCUT2D eigenvalue weighted by Crippen LogP contribution is 2.27. The third-order valence-electron chi connectivity index (χ3n) is 2.95. The molecule has 0 heterocycles. The van der Waals surface area contributed by atoms with Crippen LogP contribution in [0.4, 0.5) is 0 Å². The molecule has 0 amide bonds. The first-order valence-electron chi connectivity index (χ1n) is 7.19. The Morgan fingerprint density at radius 2 is 1.75 bits per heavy atom. The Balaban J connectivity index is 0.00000361. The second kappa shape index (κ2) is 7.90. The van der Waals surface area contributed by atoms with E-state index in [0.717, 1.165) is 18.7 Å². The molecule has 3 heteroatoms. The number of rotatable bonds is 6. The molecule has 0 aliphatic rings. The molecule has 1 aromatic carbocycles. The molecule has 0 bridgehead atoms. The predicted molar refractivity (Wildman–Crippen MR) is 89.8 cm³/mol. The third kappa shape index (κ3) is 7.76. The highest BCUT2D eigenvalue weighted by Gasteiger charge is 2.24. The maximum atomic E-state index is 5.53. The standard InChI is InChI=1S/C17H29NO.ClH/c1-7-19-15-10-8-9-14(11-15)12-18-17(5,6)13-16(2,3)4;/h8-11,18H,7,12-13H2,1-6H3;1H. The Kier molecular flexibility index (Phi) is 7.61. The largest absolute Gasteiger partial charge is 0.494 e. The molecule has 0 saturated heterocycles. The van der Waals surface area contributed by atoms with Crippen LogP contribution in [0, 0.1) is 5.41 Å². The predicted octanol–water partition coefficient (Wildman–Crippen LogP) is 4.81. The smallest absolute Gasteiger partial charge is 0.119 e. The van der Waals surface area contributed by atoms with Gasteiger partial charge in [-0.3, -0.25) is 0 Å². The number of halogens is 1. The molecule has 1 rings (SSSR count). The number of nitrogens with one attached hydrogen (secondary N) is 1. The topological polar surface area (TPSA) is 21.3 Å². The van der Waals surface area contributed by atoms with Gasteiger partial charge in [-0.15, -0.1) is 12.4 Å². The van der Waals surface area contributed by atoms with Crippen molar-refractivity contribution in [1.29, 1.82) is 0 Å². The molecule has 2 nitrogen and oxygen atoms in total. The lowest BCUT2D eigenvalue weighted by Gasteiger charge is -2.33. The molecule has 0 saturated carbocycles. The van der Waals surface area contributed by atoms with E-state index in [9.17, 15) is 0 Å². The van der Waals surface area contributed by atoms with Crippen LogP contribution in [0.25, 0.3) is 0 Å². The zero-order valence-electron chi connectivity index (χ0n) is 13.7. The van der Waals surface area contributed by atoms with Gasteiger partial charge in [-0.05, 0) is 50.3 Å². The lowest BCUT2D eigenvalue weighted by atomic mass is 9.82. The van der Waals surface area contributed by atoms with E-state index in [4.69, 9.17) is 4.74 Å². The Morgan fingerprint density at radius 1 is 1.10 bits per heavy atom. The minimum atomic E-state index is 0. The molecule has 0 radical (unpaired) electrons. The Bertz CT molecular complexity index is 396. The van der Waals surface area contributed by atoms with E-state index in [1.807, 2.05) is 13.0 Å². The lowest BCUT2D eigenvalue weighted by molar-refractivity contribution is 0.240. The van der Waals surface area contributed by atoms with Crippen molar-refractivity contribution in [2.45, 2.75) is 60.0 Å². The van der Waals surface area contributed by atoms with Gasteiger partial charge in [0.1, 0.15) is 5.75 Å². The van der Waals surface area contributed by atoms with E-state index in [2.05, 4.69) is 58.1 Å². The SMILES string of the molecule is CCOc1cccc(CNC(C)(C)CC(C)(C)C)c1.Cl. The molecule has 20 heavy (non-hydrogen) atoms. The zero-order chi connectivity index (χ0) is 14.5. The molecule has 116 valence electrons. The first-order chi connectivity index (χ1) is 8.72. The van der Waals surface area contributed by atoms with Crippen LogP contribution in [0.3, 0.4) is 0 Å². The van der Waals surface area contributed by atoms with Crippen LogP contribution in [0.2, 0.25) is 0 Å². The monoisotopic (exact) mass is 299 g/mol. The molecule has 0 atom stereocenters. The maximum Gasteiger partial charge on any atom is 0.119 e. The summed E-state index contributed by atoms with van der Waals surface area (Å²) in [6, 6.07) is 8.32. The van der Waals surface area contributed by atoms with Crippen molar-refractivity contribution >= 4 is 12.4 Å². The minimum Gasteiger partial charge on any atom is -0.494 e. The van der Waals surface area contributed by atoms with Crippen LogP contribution >= 0.6 is 12.4 Å². The molecule has 0 fully saturated rings. The molecule has 0 spiro atoms. The van der Waals surface area contributed by atoms with Crippen molar-refractivity contribution in [1.82, 2.24) is 5.32 Å². The fourth-order valence-electron chi connectivity index (χ4n) is 2.64. The quantitative estimate of drug-likeness (QED) is 0.814. The third-order valence-corrected chi connectivity index (χ3v) is 2.95. The second-order valence-corrected chi connectivity index (χ2v) is 7.06. The van der Waals surface area contributed by atoms with E-state index < -0.39 is 0 Å². The van der Waals surface area contributed by atoms with Crippen molar-refractivity contribution in [3.05, 3.63) is 29.8 Å². The fourth-order valence-corrected chi connectivity index (χ4v) is 2.64. The Morgan fingerprint density at radius 3 is 2.30 bits per heavy atom. The van der Waals surface area contributed by atoms with Gasteiger partial charge in [0.05, 0.1) is 6.61 Å². The van der Waals surface area contributed by atoms with Crippen molar-refractivity contribution in [2.24, 2.45) is 5.41 Å². The normalized spacial score (nSPS) is 11.9. The van der Waals surface area contributed by atoms with Gasteiger partial charge in [0, 0.05) is 12.1 Å². The van der Waals surface area contributed by atoms with Crippen molar-refractivity contribution in [2.75, 3.05) is 6.61 Å². The number of hydrogen-bond donors (Lipinski definition) is 1. The molecular formula is C17H30ClNO. The summed E-state index contributed by atoms with van der Waals surface area (Å²) in [5.41, 5.74) is 1.75. The first kappa shape index (κ1) is 19.3. The van der Waals surface area contributed by atoms with E-state index in [1.54, 1.807) is 0 Å². The Hall–Kier alpha value is -0.730. The summed E-state index contributed by atoms with van der Waals surface area (Å²) in [4.78, 5) is 0. The number of ether oxygens (including phenoxy) is 1. The summed E-state index contributed by atoms with van der Waals surface area (Å²) in [5, 5.41) is 3.65. The minimum absolute atomic E-state index is 0. The summed E-state index contributed by atoms with van der Waals surface area (Å²) in [7, 11) is 0. The summed E-state index contributed by atoms with van der Waals surface area (Å²) in [6.07, 6.45) is 1.14. The van der Waals surface area contributed by atoms with Gasteiger partial charge in [-0.1, -0.05) is 32.9 Å². The Labute approximate surface area is 130 Å². The van der Waals surface area contributed by atoms with E-state index in [-0.39, 0.29) is 17.9 Å². The molecule has 1 N–H and O–H groups in total. The van der Waals surface area contributed by atoms with Gasteiger partial charge >= 0.3 is 0 Å². The van der Waals surface area contributed by atoms with Crippen LogP contribution in [0.15, 0.2) is 24.3 Å². The van der Waals surface area contributed by atoms with Gasteiger partial charge in [-0.2, -0.15) is 0 Å². The summed E-state index contributed by atoms with van der Waals surface area (Å²) >= 11 is 0. The number of hydrogen-bond acceptors (Lipinski definition) is 2. The highest BCUT2D eigenvalue weighted by atomic mass is 35.5. The van der Waals surface area contributed by atoms with Gasteiger partial charge in [0.25, 0.3) is 0 Å². The molecule has 0 aliphatic heterocycles. The maximum absolute atomic E-state index is 5.53. The lowest BCUT2D eigenvalue weighted by Crippen LogP contribution is -2.41. The van der Waals surface area contributed by atoms with E-state index in [0.29, 0.717) is 12.0 Å². The van der Waals surface area contributed by atoms with Crippen molar-refractivity contribution < 1.29 is 4.74 Å². The first-order valence-corrected chi connectivity index (χ1v) is 7.19. The summed E-state index contributed by atoms with van der Waals surface area (Å²) in [5.74, 6) is 0.954. The highest BCUT2D eigenvalue weighted by molar-refractivity contribution is 5.85. The number of benzene rings is 1. The summed E-state index contributed by atoms with van der Waals surface area (Å²) < 4.78 is 5.53. The average Bonchev–Trinajstić information content (AvgIpc) is 2.24. The molecule has 1 aromatic rings. The van der Waals surface area contributed by atoms with Crippen molar-refractivity contribution in [3.63, 3.8) is 0 Å². The second-order valence-electron chi connectivity index (χ2n) is 7.06. The van der Waals surface area contributed by atoms with E-state index in [1.165, 1.54) is 5.56 Å². The van der Waals surface area contributed by atoms with Crippen LogP contribution in [0.5, 0.6) is 5.75 Å². The van der Waals surface area contributed by atoms with Crippen LogP contribution in [-0.2, 0) is 6.54 Å². The van der Waals surface area contributed by atoms with Gasteiger partial charge in [0.15, 0.2) is 0 Å². The van der Waals surface area contributed by atoms with Gasteiger partial charge in [0.2, 0.25) is 0 Å². The average molecular weight is 300 g/mol. The molecule has 0 aromatic heterocycles. The van der Waals surface area contributed by atoms with Crippen molar-refractivity contribution in [3.8, 4) is 5.75 Å². The van der Waals surface area contributed by atoms with E-state index >= 15 is 0 Å². The van der Waals surface area contributed by atoms with Crippen LogP contribution in [-0.4, -0.2) is 12.1 Å². The molecule has 0 unspecified atom stereocenters.